The molecule has 2 nitrogen and oxygen atoms in total. The fraction of sp³-hybridized carbons (Fsp3) is 0.143. The van der Waals surface area contributed by atoms with Gasteiger partial charge in [0.2, 0.25) is 0 Å². The Morgan fingerprint density at radius 1 is 0.783 bits per heavy atom. The summed E-state index contributed by atoms with van der Waals surface area (Å²) >= 11 is 0. The van der Waals surface area contributed by atoms with Crippen LogP contribution in [0.4, 0.5) is 0 Å². The monoisotopic (exact) mass is 302 g/mol. The Hall–Kier alpha value is -2.58. The first-order valence-corrected chi connectivity index (χ1v) is 7.91. The van der Waals surface area contributed by atoms with Crippen molar-refractivity contribution in [1.82, 2.24) is 0 Å². The van der Waals surface area contributed by atoms with Crippen molar-refractivity contribution in [3.05, 3.63) is 77.9 Å². The second-order valence-corrected chi connectivity index (χ2v) is 5.76. The summed E-state index contributed by atoms with van der Waals surface area (Å²) in [5.74, 6) is 0.790. The van der Waals surface area contributed by atoms with Gasteiger partial charge in [0.1, 0.15) is 12.4 Å². The third-order valence-electron chi connectivity index (χ3n) is 4.38. The average Bonchev–Trinajstić information content (AvgIpc) is 2.99. The predicted molar refractivity (Wildman–Crippen MR) is 92.7 cm³/mol. The van der Waals surface area contributed by atoms with E-state index in [0.29, 0.717) is 6.61 Å². The summed E-state index contributed by atoms with van der Waals surface area (Å²) in [7, 11) is 0. The van der Waals surface area contributed by atoms with E-state index in [1.54, 1.807) is 0 Å². The maximum atomic E-state index is 8.83. The highest BCUT2D eigenvalue weighted by Crippen LogP contribution is 2.41. The molecule has 0 unspecified atom stereocenters. The van der Waals surface area contributed by atoms with Crippen LogP contribution >= 0.6 is 0 Å². The van der Waals surface area contributed by atoms with Gasteiger partial charge in [-0.25, -0.2) is 0 Å². The van der Waals surface area contributed by atoms with Gasteiger partial charge in [0.15, 0.2) is 0 Å². The second-order valence-electron chi connectivity index (χ2n) is 5.76. The summed E-state index contributed by atoms with van der Waals surface area (Å²) in [6, 6.07) is 23.3. The standard InChI is InChI=1S/C21H18O2/c22-12-13-23-17-10-8-15(9-11-17)18-6-3-7-20-19-5-2-1-4-16(19)14-21(18)20/h1-11,22H,12-14H2. The quantitative estimate of drug-likeness (QED) is 0.609. The summed E-state index contributed by atoms with van der Waals surface area (Å²) in [5, 5.41) is 8.83. The minimum atomic E-state index is 0.0339. The minimum Gasteiger partial charge on any atom is -0.491 e. The summed E-state index contributed by atoms with van der Waals surface area (Å²) in [4.78, 5) is 0. The zero-order valence-corrected chi connectivity index (χ0v) is 12.8. The van der Waals surface area contributed by atoms with Crippen LogP contribution in [0.15, 0.2) is 66.7 Å². The van der Waals surface area contributed by atoms with E-state index in [1.165, 1.54) is 33.4 Å². The molecular weight excluding hydrogens is 284 g/mol. The maximum Gasteiger partial charge on any atom is 0.119 e. The molecule has 4 rings (SSSR count). The molecule has 0 saturated carbocycles. The Morgan fingerprint density at radius 2 is 1.52 bits per heavy atom. The molecule has 3 aromatic rings. The van der Waals surface area contributed by atoms with Gasteiger partial charge in [0.25, 0.3) is 0 Å². The van der Waals surface area contributed by atoms with Crippen LogP contribution in [0.25, 0.3) is 22.3 Å². The lowest BCUT2D eigenvalue weighted by atomic mass is 9.96. The molecule has 2 heteroatoms. The van der Waals surface area contributed by atoms with Gasteiger partial charge in [-0.15, -0.1) is 0 Å². The van der Waals surface area contributed by atoms with E-state index < -0.39 is 0 Å². The van der Waals surface area contributed by atoms with Crippen LogP contribution in [-0.2, 0) is 6.42 Å². The van der Waals surface area contributed by atoms with E-state index in [1.807, 2.05) is 12.1 Å². The summed E-state index contributed by atoms with van der Waals surface area (Å²) < 4.78 is 5.44. The molecule has 0 aliphatic heterocycles. The second kappa shape index (κ2) is 5.90. The van der Waals surface area contributed by atoms with Gasteiger partial charge in [0.05, 0.1) is 6.61 Å². The van der Waals surface area contributed by atoms with Crippen molar-refractivity contribution in [3.63, 3.8) is 0 Å². The first kappa shape index (κ1) is 14.0. The molecule has 0 radical (unpaired) electrons. The van der Waals surface area contributed by atoms with Crippen molar-refractivity contribution in [2.24, 2.45) is 0 Å². The smallest absolute Gasteiger partial charge is 0.119 e. The largest absolute Gasteiger partial charge is 0.491 e. The van der Waals surface area contributed by atoms with Crippen LogP contribution in [0, 0.1) is 0 Å². The number of aliphatic hydroxyl groups excluding tert-OH is 1. The van der Waals surface area contributed by atoms with Gasteiger partial charge in [-0.1, -0.05) is 54.6 Å². The highest BCUT2D eigenvalue weighted by atomic mass is 16.5. The molecule has 0 atom stereocenters. The van der Waals surface area contributed by atoms with E-state index in [2.05, 4.69) is 54.6 Å². The molecule has 1 aliphatic carbocycles. The van der Waals surface area contributed by atoms with E-state index in [9.17, 15) is 0 Å². The van der Waals surface area contributed by atoms with E-state index in [4.69, 9.17) is 9.84 Å². The van der Waals surface area contributed by atoms with Crippen molar-refractivity contribution in [2.45, 2.75) is 6.42 Å². The number of aliphatic hydroxyl groups is 1. The Balaban J connectivity index is 1.71. The summed E-state index contributed by atoms with van der Waals surface area (Å²) in [6.07, 6.45) is 0.991. The van der Waals surface area contributed by atoms with Gasteiger partial charge in [-0.2, -0.15) is 0 Å². The van der Waals surface area contributed by atoms with Crippen LogP contribution in [0.2, 0.25) is 0 Å². The topological polar surface area (TPSA) is 29.5 Å². The number of ether oxygens (including phenoxy) is 1. The Bertz CT molecular complexity index is 835. The number of benzene rings is 3. The van der Waals surface area contributed by atoms with Crippen LogP contribution < -0.4 is 4.74 Å². The van der Waals surface area contributed by atoms with Gasteiger partial charge in [-0.05, 0) is 51.9 Å². The van der Waals surface area contributed by atoms with Gasteiger partial charge < -0.3 is 9.84 Å². The average molecular weight is 302 g/mol. The van der Waals surface area contributed by atoms with Gasteiger partial charge >= 0.3 is 0 Å². The number of rotatable bonds is 4. The summed E-state index contributed by atoms with van der Waals surface area (Å²) in [5.41, 5.74) is 7.99. The Labute approximate surface area is 136 Å². The number of hydrogen-bond acceptors (Lipinski definition) is 2. The molecule has 3 aromatic carbocycles. The molecule has 0 bridgehead atoms. The Kier molecular flexibility index (Phi) is 3.60. The zero-order chi connectivity index (χ0) is 15.6. The third-order valence-corrected chi connectivity index (χ3v) is 4.38. The molecule has 0 aromatic heterocycles. The number of fused-ring (bicyclic) bond motifs is 3. The molecule has 0 saturated heterocycles. The zero-order valence-electron chi connectivity index (χ0n) is 12.8. The predicted octanol–water partition coefficient (Wildman–Crippen LogP) is 4.30. The lowest BCUT2D eigenvalue weighted by Gasteiger charge is -2.10. The van der Waals surface area contributed by atoms with Crippen molar-refractivity contribution < 1.29 is 9.84 Å². The third kappa shape index (κ3) is 2.51. The SMILES string of the molecule is OCCOc1ccc(-c2cccc3c2Cc2ccccc2-3)cc1. The minimum absolute atomic E-state index is 0.0339. The van der Waals surface area contributed by atoms with Crippen LogP contribution in [0.3, 0.4) is 0 Å². The molecule has 0 fully saturated rings. The van der Waals surface area contributed by atoms with Gasteiger partial charge in [0, 0.05) is 0 Å². The fourth-order valence-electron chi connectivity index (χ4n) is 3.32. The molecule has 0 spiro atoms. The van der Waals surface area contributed by atoms with Crippen LogP contribution in [-0.4, -0.2) is 18.3 Å². The molecule has 23 heavy (non-hydrogen) atoms. The fourth-order valence-corrected chi connectivity index (χ4v) is 3.32. The van der Waals surface area contributed by atoms with E-state index in [-0.39, 0.29) is 6.61 Å². The molecule has 0 amide bonds. The van der Waals surface area contributed by atoms with Crippen molar-refractivity contribution in [1.29, 1.82) is 0 Å². The first-order valence-electron chi connectivity index (χ1n) is 7.91. The van der Waals surface area contributed by atoms with Crippen molar-refractivity contribution in [2.75, 3.05) is 13.2 Å². The Morgan fingerprint density at radius 3 is 2.35 bits per heavy atom. The van der Waals surface area contributed by atoms with Crippen molar-refractivity contribution >= 4 is 0 Å². The van der Waals surface area contributed by atoms with Crippen LogP contribution in [0.1, 0.15) is 11.1 Å². The first-order chi connectivity index (χ1) is 11.4. The number of hydrogen-bond donors (Lipinski definition) is 1. The van der Waals surface area contributed by atoms with Crippen LogP contribution in [0.5, 0.6) is 5.75 Å². The lowest BCUT2D eigenvalue weighted by molar-refractivity contribution is 0.201. The normalized spacial score (nSPS) is 11.9. The molecule has 114 valence electrons. The molecular formula is C21H18O2. The lowest BCUT2D eigenvalue weighted by Crippen LogP contribution is -2.01. The van der Waals surface area contributed by atoms with E-state index in [0.717, 1.165) is 12.2 Å². The highest BCUT2D eigenvalue weighted by molar-refractivity contribution is 5.84. The molecule has 0 heterocycles. The summed E-state index contributed by atoms with van der Waals surface area (Å²) in [6.45, 7) is 0.363. The van der Waals surface area contributed by atoms with Crippen molar-refractivity contribution in [3.8, 4) is 28.0 Å². The molecule has 1 aliphatic rings. The maximum absolute atomic E-state index is 8.83. The highest BCUT2D eigenvalue weighted by Gasteiger charge is 2.20. The molecule has 1 N–H and O–H groups in total. The van der Waals surface area contributed by atoms with Gasteiger partial charge in [-0.3, -0.25) is 0 Å². The van der Waals surface area contributed by atoms with E-state index >= 15 is 0 Å².